The number of piperidine rings is 1. The van der Waals surface area contributed by atoms with Crippen LogP contribution in [0.15, 0.2) is 39.9 Å². The largest absolute Gasteiger partial charge is 0.443 e. The Hall–Kier alpha value is -2.87. The Kier molecular flexibility index (Phi) is 6.50. The van der Waals surface area contributed by atoms with Gasteiger partial charge < -0.3 is 14.6 Å². The van der Waals surface area contributed by atoms with E-state index in [2.05, 4.69) is 29.1 Å². The lowest BCUT2D eigenvalue weighted by Crippen LogP contribution is -2.48. The van der Waals surface area contributed by atoms with Crippen molar-refractivity contribution < 1.29 is 14.0 Å². The summed E-state index contributed by atoms with van der Waals surface area (Å²) in [6.07, 6.45) is 3.22. The predicted molar refractivity (Wildman–Crippen MR) is 126 cm³/mol. The van der Waals surface area contributed by atoms with Crippen LogP contribution >= 0.6 is 11.8 Å². The van der Waals surface area contributed by atoms with Crippen LogP contribution in [-0.4, -0.2) is 44.5 Å². The first kappa shape index (κ1) is 22.3. The number of furan rings is 1. The van der Waals surface area contributed by atoms with Gasteiger partial charge in [-0.3, -0.25) is 9.59 Å². The maximum Gasteiger partial charge on any atom is 0.256 e. The first-order valence-electron chi connectivity index (χ1n) is 10.9. The highest BCUT2D eigenvalue weighted by molar-refractivity contribution is 7.99. The molecule has 0 spiro atoms. The highest BCUT2D eigenvalue weighted by atomic mass is 32.2. The van der Waals surface area contributed by atoms with Gasteiger partial charge in [0, 0.05) is 23.2 Å². The Morgan fingerprint density at radius 1 is 1.12 bits per heavy atom. The fraction of sp³-hybridized carbons (Fsp3) is 0.417. The molecule has 8 heteroatoms. The predicted octanol–water partition coefficient (Wildman–Crippen LogP) is 4.97. The number of hydrogen-bond donors (Lipinski definition) is 1. The first-order valence-corrected chi connectivity index (χ1v) is 11.9. The second kappa shape index (κ2) is 9.32. The highest BCUT2D eigenvalue weighted by Crippen LogP contribution is 2.32. The van der Waals surface area contributed by atoms with Crippen molar-refractivity contribution >= 4 is 40.5 Å². The standard InChI is InChI=1S/C24H28N4O3S/c1-14-9-8-10-15(2)28(14)19(29)13-32-24-26-21(20-16(3)17(4)31-23(20)27-24)25-22(30)18-11-6-5-7-12-18/h5-7,11-12,14-15H,8-10,13H2,1-4H3,(H,25,26,27,30). The van der Waals surface area contributed by atoms with Crippen LogP contribution < -0.4 is 5.32 Å². The number of amides is 2. The lowest BCUT2D eigenvalue weighted by atomic mass is 9.98. The summed E-state index contributed by atoms with van der Waals surface area (Å²) < 4.78 is 5.81. The molecular weight excluding hydrogens is 424 g/mol. The van der Waals surface area contributed by atoms with Gasteiger partial charge in [-0.25, -0.2) is 4.98 Å². The lowest BCUT2D eigenvalue weighted by Gasteiger charge is -2.39. The number of hydrogen-bond acceptors (Lipinski definition) is 6. The number of nitrogens with one attached hydrogen (secondary N) is 1. The van der Waals surface area contributed by atoms with E-state index < -0.39 is 0 Å². The Labute approximate surface area is 192 Å². The van der Waals surface area contributed by atoms with E-state index in [-0.39, 0.29) is 29.7 Å². The molecule has 0 bridgehead atoms. The van der Waals surface area contributed by atoms with Crippen LogP contribution in [0.25, 0.3) is 11.1 Å². The van der Waals surface area contributed by atoms with Gasteiger partial charge in [-0.1, -0.05) is 30.0 Å². The molecule has 1 fully saturated rings. The van der Waals surface area contributed by atoms with Crippen molar-refractivity contribution in [3.05, 3.63) is 47.2 Å². The van der Waals surface area contributed by atoms with Crippen molar-refractivity contribution in [3.8, 4) is 0 Å². The molecular formula is C24H28N4O3S. The molecule has 2 unspecified atom stereocenters. The highest BCUT2D eigenvalue weighted by Gasteiger charge is 2.29. The summed E-state index contributed by atoms with van der Waals surface area (Å²) in [5, 5.41) is 3.99. The molecule has 0 radical (unpaired) electrons. The average molecular weight is 453 g/mol. The number of aryl methyl sites for hydroxylation is 2. The molecule has 2 aromatic heterocycles. The number of fused-ring (bicyclic) bond motifs is 1. The first-order chi connectivity index (χ1) is 15.3. The third-order valence-corrected chi connectivity index (χ3v) is 6.91. The molecule has 2 atom stereocenters. The maximum atomic E-state index is 12.9. The van der Waals surface area contributed by atoms with Crippen molar-refractivity contribution in [2.45, 2.75) is 64.2 Å². The van der Waals surface area contributed by atoms with Gasteiger partial charge in [-0.2, -0.15) is 4.98 Å². The van der Waals surface area contributed by atoms with Crippen LogP contribution in [0.5, 0.6) is 0 Å². The molecule has 3 heterocycles. The lowest BCUT2D eigenvalue weighted by molar-refractivity contribution is -0.134. The topological polar surface area (TPSA) is 88.3 Å². The van der Waals surface area contributed by atoms with Gasteiger partial charge in [-0.15, -0.1) is 0 Å². The molecule has 1 aliphatic heterocycles. The van der Waals surface area contributed by atoms with Crippen LogP contribution in [0.3, 0.4) is 0 Å². The summed E-state index contributed by atoms with van der Waals surface area (Å²) in [5.41, 5.74) is 1.83. The maximum absolute atomic E-state index is 12.9. The van der Waals surface area contributed by atoms with Crippen molar-refractivity contribution in [3.63, 3.8) is 0 Å². The molecule has 32 heavy (non-hydrogen) atoms. The van der Waals surface area contributed by atoms with Crippen LogP contribution in [0.1, 0.15) is 54.8 Å². The van der Waals surface area contributed by atoms with E-state index in [0.717, 1.165) is 30.6 Å². The molecule has 1 aromatic carbocycles. The Bertz CT molecular complexity index is 1140. The van der Waals surface area contributed by atoms with Crippen molar-refractivity contribution in [1.29, 1.82) is 0 Å². The molecule has 1 aliphatic rings. The molecule has 4 rings (SSSR count). The number of carbonyl (C=O) groups is 2. The zero-order valence-electron chi connectivity index (χ0n) is 18.8. The van der Waals surface area contributed by atoms with Gasteiger partial charge in [0.15, 0.2) is 5.16 Å². The summed E-state index contributed by atoms with van der Waals surface area (Å²) in [7, 11) is 0. The number of carbonyl (C=O) groups excluding carboxylic acids is 2. The van der Waals surface area contributed by atoms with E-state index in [0.29, 0.717) is 27.6 Å². The van der Waals surface area contributed by atoms with Crippen LogP contribution in [0, 0.1) is 13.8 Å². The number of aromatic nitrogens is 2. The molecule has 0 saturated carbocycles. The minimum Gasteiger partial charge on any atom is -0.443 e. The van der Waals surface area contributed by atoms with E-state index in [1.807, 2.05) is 36.9 Å². The van der Waals surface area contributed by atoms with E-state index in [1.54, 1.807) is 12.1 Å². The van der Waals surface area contributed by atoms with E-state index >= 15 is 0 Å². The summed E-state index contributed by atoms with van der Waals surface area (Å²) in [4.78, 5) is 36.8. The Morgan fingerprint density at radius 2 is 1.81 bits per heavy atom. The number of nitrogens with zero attached hydrogens (tertiary/aromatic N) is 3. The Balaban J connectivity index is 1.58. The van der Waals surface area contributed by atoms with Crippen LogP contribution in [0.4, 0.5) is 5.82 Å². The van der Waals surface area contributed by atoms with Gasteiger partial charge in [0.2, 0.25) is 11.6 Å². The third kappa shape index (κ3) is 4.50. The molecule has 1 N–H and O–H groups in total. The molecule has 1 saturated heterocycles. The third-order valence-electron chi connectivity index (χ3n) is 6.08. The zero-order chi connectivity index (χ0) is 22.8. The van der Waals surface area contributed by atoms with E-state index in [4.69, 9.17) is 4.42 Å². The second-order valence-corrected chi connectivity index (χ2v) is 9.30. The fourth-order valence-electron chi connectivity index (χ4n) is 4.27. The van der Waals surface area contributed by atoms with Gasteiger partial charge in [0.1, 0.15) is 11.6 Å². The number of likely N-dealkylation sites (tertiary alicyclic amines) is 1. The van der Waals surface area contributed by atoms with Crippen molar-refractivity contribution in [2.75, 3.05) is 11.1 Å². The van der Waals surface area contributed by atoms with Gasteiger partial charge in [-0.05, 0) is 59.1 Å². The molecule has 3 aromatic rings. The van der Waals surface area contributed by atoms with Gasteiger partial charge >= 0.3 is 0 Å². The van der Waals surface area contributed by atoms with Gasteiger partial charge in [0.25, 0.3) is 5.91 Å². The van der Waals surface area contributed by atoms with Crippen LogP contribution in [-0.2, 0) is 4.79 Å². The van der Waals surface area contributed by atoms with E-state index in [9.17, 15) is 9.59 Å². The number of benzene rings is 1. The molecule has 2 amide bonds. The number of rotatable bonds is 5. The smallest absolute Gasteiger partial charge is 0.256 e. The Morgan fingerprint density at radius 3 is 2.50 bits per heavy atom. The minimum absolute atomic E-state index is 0.0834. The molecule has 0 aliphatic carbocycles. The molecule has 7 nitrogen and oxygen atoms in total. The van der Waals surface area contributed by atoms with Crippen molar-refractivity contribution in [1.82, 2.24) is 14.9 Å². The summed E-state index contributed by atoms with van der Waals surface area (Å²) >= 11 is 1.27. The quantitative estimate of drug-likeness (QED) is 0.434. The normalized spacial score (nSPS) is 18.7. The summed E-state index contributed by atoms with van der Waals surface area (Å²) in [6.45, 7) is 7.98. The van der Waals surface area contributed by atoms with Crippen LogP contribution in [0.2, 0.25) is 0 Å². The average Bonchev–Trinajstić information content (AvgIpc) is 3.06. The fourth-order valence-corrected chi connectivity index (χ4v) is 4.97. The summed E-state index contributed by atoms with van der Waals surface area (Å²) in [5.74, 6) is 1.18. The van der Waals surface area contributed by atoms with Crippen molar-refractivity contribution in [2.24, 2.45) is 0 Å². The summed E-state index contributed by atoms with van der Waals surface area (Å²) in [6, 6.07) is 9.46. The van der Waals surface area contributed by atoms with E-state index in [1.165, 1.54) is 11.8 Å². The monoisotopic (exact) mass is 452 g/mol. The SMILES string of the molecule is Cc1oc2nc(SCC(=O)N3C(C)CCCC3C)nc(NC(=O)c3ccccc3)c2c1C. The zero-order valence-corrected chi connectivity index (χ0v) is 19.7. The van der Waals surface area contributed by atoms with Gasteiger partial charge in [0.05, 0.1) is 11.1 Å². The number of thioether (sulfide) groups is 1. The molecule has 168 valence electrons. The number of anilines is 1. The minimum atomic E-state index is -0.258. The second-order valence-electron chi connectivity index (χ2n) is 8.36.